The summed E-state index contributed by atoms with van der Waals surface area (Å²) in [6.07, 6.45) is 3.90. The number of halogens is 1. The Hall–Kier alpha value is -1.02. The van der Waals surface area contributed by atoms with Gasteiger partial charge in [0.05, 0.1) is 5.52 Å². The van der Waals surface area contributed by atoms with Gasteiger partial charge in [-0.05, 0) is 18.1 Å². The van der Waals surface area contributed by atoms with Gasteiger partial charge in [0.15, 0.2) is 0 Å². The number of fused-ring (bicyclic) bond motifs is 1. The maximum atomic E-state index is 5.86. The summed E-state index contributed by atoms with van der Waals surface area (Å²) in [4.78, 5) is 4.05. The van der Waals surface area contributed by atoms with E-state index in [1.54, 1.807) is 0 Å². The molecular weight excluding hydrogens is 196 g/mol. The van der Waals surface area contributed by atoms with Crippen LogP contribution in [0.4, 0.5) is 0 Å². The molecule has 0 atom stereocenters. The predicted molar refractivity (Wildman–Crippen MR) is 59.6 cm³/mol. The minimum absolute atomic E-state index is 0.557. The van der Waals surface area contributed by atoms with E-state index in [9.17, 15) is 0 Å². The Morgan fingerprint density at radius 1 is 1.50 bits per heavy atom. The molecule has 0 aliphatic rings. The molecule has 3 heteroatoms. The summed E-state index contributed by atoms with van der Waals surface area (Å²) in [5, 5.41) is 1.70. The number of hydrogen-bond donors (Lipinski definition) is 0. The molecule has 0 amide bonds. The maximum Gasteiger partial charge on any atom is 0.131 e. The molecule has 0 saturated heterocycles. The van der Waals surface area contributed by atoms with Crippen LogP contribution in [0.3, 0.4) is 0 Å². The fraction of sp³-hybridized carbons (Fsp3) is 0.364. The molecule has 2 aromatic rings. The quantitative estimate of drug-likeness (QED) is 0.693. The summed E-state index contributed by atoms with van der Waals surface area (Å²) in [5.41, 5.74) is 1.17. The molecule has 0 aromatic carbocycles. The number of hydrogen-bond acceptors (Lipinski definition) is 1. The number of rotatable bonds is 2. The Kier molecular flexibility index (Phi) is 2.46. The van der Waals surface area contributed by atoms with Gasteiger partial charge in [-0.2, -0.15) is 0 Å². The second-order valence-corrected chi connectivity index (χ2v) is 4.32. The first kappa shape index (κ1) is 9.53. The molecule has 0 unspecified atom stereocenters. The standard InChI is InChI=1S/C11H13ClN2/c1-8(2)7-14-4-3-9-6-13-11(12)5-10(9)14/h3-6,8H,7H2,1-2H3. The van der Waals surface area contributed by atoms with Crippen LogP contribution in [0, 0.1) is 5.92 Å². The minimum Gasteiger partial charge on any atom is -0.347 e. The fourth-order valence-corrected chi connectivity index (χ4v) is 1.76. The third-order valence-electron chi connectivity index (χ3n) is 2.18. The molecule has 14 heavy (non-hydrogen) atoms. The third kappa shape index (κ3) is 1.75. The van der Waals surface area contributed by atoms with Crippen LogP contribution in [0.2, 0.25) is 5.15 Å². The Balaban J connectivity index is 2.50. The van der Waals surface area contributed by atoms with Gasteiger partial charge >= 0.3 is 0 Å². The average Bonchev–Trinajstić information content (AvgIpc) is 2.47. The van der Waals surface area contributed by atoms with E-state index < -0.39 is 0 Å². The highest BCUT2D eigenvalue weighted by Crippen LogP contribution is 2.19. The van der Waals surface area contributed by atoms with E-state index in [0.717, 1.165) is 11.9 Å². The number of aromatic nitrogens is 2. The van der Waals surface area contributed by atoms with Crippen molar-refractivity contribution in [3.8, 4) is 0 Å². The molecule has 0 fully saturated rings. The molecule has 0 aliphatic carbocycles. The number of pyridine rings is 1. The lowest BCUT2D eigenvalue weighted by Gasteiger charge is -2.07. The molecule has 2 heterocycles. The van der Waals surface area contributed by atoms with Gasteiger partial charge in [0, 0.05) is 24.3 Å². The first-order valence-electron chi connectivity index (χ1n) is 4.77. The van der Waals surface area contributed by atoms with Gasteiger partial charge in [-0.1, -0.05) is 25.4 Å². The zero-order valence-corrected chi connectivity index (χ0v) is 9.12. The molecule has 2 aromatic heterocycles. The predicted octanol–water partition coefficient (Wildman–Crippen LogP) is 3.35. The van der Waals surface area contributed by atoms with Crippen molar-refractivity contribution in [1.82, 2.24) is 9.55 Å². The van der Waals surface area contributed by atoms with Gasteiger partial charge in [-0.3, -0.25) is 0 Å². The Morgan fingerprint density at radius 3 is 3.00 bits per heavy atom. The van der Waals surface area contributed by atoms with Gasteiger partial charge in [-0.25, -0.2) is 4.98 Å². The van der Waals surface area contributed by atoms with Gasteiger partial charge in [0.25, 0.3) is 0 Å². The molecule has 0 aliphatic heterocycles. The lowest BCUT2D eigenvalue weighted by Crippen LogP contribution is -2.02. The Morgan fingerprint density at radius 2 is 2.29 bits per heavy atom. The smallest absolute Gasteiger partial charge is 0.131 e. The lowest BCUT2D eigenvalue weighted by molar-refractivity contribution is 0.535. The highest BCUT2D eigenvalue weighted by Gasteiger charge is 2.03. The molecule has 0 bridgehead atoms. The van der Waals surface area contributed by atoms with Crippen LogP contribution in [0.15, 0.2) is 24.5 Å². The zero-order valence-electron chi connectivity index (χ0n) is 8.37. The normalized spacial score (nSPS) is 11.4. The summed E-state index contributed by atoms with van der Waals surface area (Å²) in [6, 6.07) is 3.99. The van der Waals surface area contributed by atoms with Crippen molar-refractivity contribution < 1.29 is 0 Å². The summed E-state index contributed by atoms with van der Waals surface area (Å²) in [5.74, 6) is 0.637. The fourth-order valence-electron chi connectivity index (χ4n) is 1.61. The van der Waals surface area contributed by atoms with E-state index >= 15 is 0 Å². The van der Waals surface area contributed by atoms with Gasteiger partial charge < -0.3 is 4.57 Å². The Labute approximate surface area is 88.5 Å². The monoisotopic (exact) mass is 208 g/mol. The van der Waals surface area contributed by atoms with Gasteiger partial charge in [0.1, 0.15) is 5.15 Å². The Bertz CT molecular complexity index is 445. The zero-order chi connectivity index (χ0) is 10.1. The molecule has 0 spiro atoms. The first-order valence-corrected chi connectivity index (χ1v) is 5.15. The van der Waals surface area contributed by atoms with Crippen LogP contribution < -0.4 is 0 Å². The van der Waals surface area contributed by atoms with E-state index in [4.69, 9.17) is 11.6 Å². The van der Waals surface area contributed by atoms with Crippen molar-refractivity contribution >= 4 is 22.5 Å². The van der Waals surface area contributed by atoms with Crippen molar-refractivity contribution in [2.45, 2.75) is 20.4 Å². The average molecular weight is 209 g/mol. The van der Waals surface area contributed by atoms with Crippen LogP contribution in [0.5, 0.6) is 0 Å². The molecule has 2 rings (SSSR count). The van der Waals surface area contributed by atoms with Crippen LogP contribution in [0.1, 0.15) is 13.8 Å². The highest BCUT2D eigenvalue weighted by molar-refractivity contribution is 6.30. The van der Waals surface area contributed by atoms with E-state index in [-0.39, 0.29) is 0 Å². The first-order chi connectivity index (χ1) is 6.66. The summed E-state index contributed by atoms with van der Waals surface area (Å²) in [7, 11) is 0. The molecule has 0 N–H and O–H groups in total. The van der Waals surface area contributed by atoms with Crippen LogP contribution >= 0.6 is 11.6 Å². The lowest BCUT2D eigenvalue weighted by atomic mass is 10.2. The summed E-state index contributed by atoms with van der Waals surface area (Å²) >= 11 is 5.86. The van der Waals surface area contributed by atoms with Crippen molar-refractivity contribution in [1.29, 1.82) is 0 Å². The van der Waals surface area contributed by atoms with E-state index in [0.29, 0.717) is 11.1 Å². The summed E-state index contributed by atoms with van der Waals surface area (Å²) in [6.45, 7) is 5.42. The molecule has 0 saturated carbocycles. The van der Waals surface area contributed by atoms with Crippen LogP contribution in [-0.2, 0) is 6.54 Å². The molecule has 2 nitrogen and oxygen atoms in total. The largest absolute Gasteiger partial charge is 0.347 e. The third-order valence-corrected chi connectivity index (χ3v) is 2.39. The van der Waals surface area contributed by atoms with E-state index in [2.05, 4.69) is 35.7 Å². The van der Waals surface area contributed by atoms with Crippen LogP contribution in [0.25, 0.3) is 10.9 Å². The highest BCUT2D eigenvalue weighted by atomic mass is 35.5. The minimum atomic E-state index is 0.557. The number of nitrogens with zero attached hydrogens (tertiary/aromatic N) is 2. The molecular formula is C11H13ClN2. The second kappa shape index (κ2) is 3.62. The van der Waals surface area contributed by atoms with E-state index in [1.807, 2.05) is 12.3 Å². The SMILES string of the molecule is CC(C)Cn1ccc2cnc(Cl)cc21. The maximum absolute atomic E-state index is 5.86. The van der Waals surface area contributed by atoms with Crippen LogP contribution in [-0.4, -0.2) is 9.55 Å². The van der Waals surface area contributed by atoms with E-state index in [1.165, 1.54) is 5.52 Å². The second-order valence-electron chi connectivity index (χ2n) is 3.93. The van der Waals surface area contributed by atoms with Gasteiger partial charge in [-0.15, -0.1) is 0 Å². The molecule has 0 radical (unpaired) electrons. The van der Waals surface area contributed by atoms with Crippen molar-refractivity contribution in [2.24, 2.45) is 5.92 Å². The molecule has 74 valence electrons. The van der Waals surface area contributed by atoms with Crippen molar-refractivity contribution in [2.75, 3.05) is 0 Å². The van der Waals surface area contributed by atoms with Gasteiger partial charge in [0.2, 0.25) is 0 Å². The van der Waals surface area contributed by atoms with Crippen molar-refractivity contribution in [3.05, 3.63) is 29.7 Å². The summed E-state index contributed by atoms with van der Waals surface area (Å²) < 4.78 is 2.22. The van der Waals surface area contributed by atoms with Crippen molar-refractivity contribution in [3.63, 3.8) is 0 Å². The topological polar surface area (TPSA) is 17.8 Å².